The van der Waals surface area contributed by atoms with E-state index in [-0.39, 0.29) is 5.60 Å². The van der Waals surface area contributed by atoms with Gasteiger partial charge in [-0.05, 0) is 57.4 Å². The fourth-order valence-electron chi connectivity index (χ4n) is 3.66. The molecule has 3 atom stereocenters. The first-order valence-corrected chi connectivity index (χ1v) is 7.49. The Morgan fingerprint density at radius 1 is 1.44 bits per heavy atom. The van der Waals surface area contributed by atoms with Crippen LogP contribution in [0.15, 0.2) is 0 Å². The first-order valence-electron chi connectivity index (χ1n) is 7.49. The van der Waals surface area contributed by atoms with Crippen LogP contribution in [0.1, 0.15) is 45.4 Å². The van der Waals surface area contributed by atoms with Crippen LogP contribution in [0.3, 0.4) is 0 Å². The Balaban J connectivity index is 1.86. The maximum atomic E-state index is 6.03. The van der Waals surface area contributed by atoms with Crippen LogP contribution < -0.4 is 5.32 Å². The molecule has 1 heterocycles. The molecule has 0 bridgehead atoms. The Labute approximate surface area is 112 Å². The van der Waals surface area contributed by atoms with E-state index in [1.807, 2.05) is 0 Å². The van der Waals surface area contributed by atoms with Gasteiger partial charge in [-0.1, -0.05) is 6.92 Å². The zero-order valence-corrected chi connectivity index (χ0v) is 12.2. The standard InChI is InChI=1S/C15H29NO2/c1-12(11-17-3)9-14(16-2)13-5-8-18-15(10-13)6-4-7-15/h12-14,16H,4-11H2,1-3H3. The third kappa shape index (κ3) is 3.25. The van der Waals surface area contributed by atoms with Crippen LogP contribution >= 0.6 is 0 Å². The zero-order chi connectivity index (χ0) is 13.0. The molecular weight excluding hydrogens is 226 g/mol. The molecule has 0 aromatic heterocycles. The minimum absolute atomic E-state index is 0.266. The van der Waals surface area contributed by atoms with Gasteiger partial charge in [0.25, 0.3) is 0 Å². The summed E-state index contributed by atoms with van der Waals surface area (Å²) in [4.78, 5) is 0. The molecule has 1 N–H and O–H groups in total. The van der Waals surface area contributed by atoms with Crippen molar-refractivity contribution < 1.29 is 9.47 Å². The number of rotatable bonds is 6. The fraction of sp³-hybridized carbons (Fsp3) is 1.00. The number of nitrogens with one attached hydrogen (secondary N) is 1. The van der Waals surface area contributed by atoms with E-state index in [0.29, 0.717) is 12.0 Å². The summed E-state index contributed by atoms with van der Waals surface area (Å²) in [7, 11) is 3.90. The largest absolute Gasteiger partial charge is 0.384 e. The minimum Gasteiger partial charge on any atom is -0.384 e. The molecule has 18 heavy (non-hydrogen) atoms. The van der Waals surface area contributed by atoms with E-state index in [2.05, 4.69) is 19.3 Å². The van der Waals surface area contributed by atoms with Crippen LogP contribution in [0.2, 0.25) is 0 Å². The second kappa shape index (κ2) is 6.36. The molecule has 106 valence electrons. The lowest BCUT2D eigenvalue weighted by molar-refractivity contribution is -0.147. The first kappa shape index (κ1) is 14.3. The summed E-state index contributed by atoms with van der Waals surface area (Å²) >= 11 is 0. The van der Waals surface area contributed by atoms with Gasteiger partial charge in [0.05, 0.1) is 5.60 Å². The SMILES string of the molecule is CNC(CC(C)COC)C1CCOC2(CCC2)C1. The molecule has 0 radical (unpaired) electrons. The fourth-order valence-corrected chi connectivity index (χ4v) is 3.66. The Morgan fingerprint density at radius 3 is 2.78 bits per heavy atom. The number of ether oxygens (including phenoxy) is 2. The van der Waals surface area contributed by atoms with E-state index in [1.54, 1.807) is 7.11 Å². The highest BCUT2D eigenvalue weighted by molar-refractivity contribution is 4.96. The van der Waals surface area contributed by atoms with Crippen LogP contribution in [0.4, 0.5) is 0 Å². The molecule has 1 saturated heterocycles. The van der Waals surface area contributed by atoms with Gasteiger partial charge in [0, 0.05) is 26.4 Å². The van der Waals surface area contributed by atoms with Crippen molar-refractivity contribution in [3.63, 3.8) is 0 Å². The van der Waals surface area contributed by atoms with Gasteiger partial charge in [0.2, 0.25) is 0 Å². The molecule has 0 aromatic carbocycles. The summed E-state index contributed by atoms with van der Waals surface area (Å²) < 4.78 is 11.3. The summed E-state index contributed by atoms with van der Waals surface area (Å²) in [5.41, 5.74) is 0.266. The molecule has 1 aliphatic carbocycles. The maximum Gasteiger partial charge on any atom is 0.0685 e. The van der Waals surface area contributed by atoms with Gasteiger partial charge in [-0.2, -0.15) is 0 Å². The monoisotopic (exact) mass is 255 g/mol. The summed E-state index contributed by atoms with van der Waals surface area (Å²) in [5.74, 6) is 1.41. The summed E-state index contributed by atoms with van der Waals surface area (Å²) in [6, 6.07) is 0.622. The summed E-state index contributed by atoms with van der Waals surface area (Å²) in [6.07, 6.45) is 7.62. The maximum absolute atomic E-state index is 6.03. The lowest BCUT2D eigenvalue weighted by atomic mass is 9.69. The Hall–Kier alpha value is -0.120. The van der Waals surface area contributed by atoms with Crippen LogP contribution in [0.25, 0.3) is 0 Å². The average molecular weight is 255 g/mol. The van der Waals surface area contributed by atoms with Crippen molar-refractivity contribution in [3.8, 4) is 0 Å². The molecule has 0 amide bonds. The van der Waals surface area contributed by atoms with Gasteiger partial charge < -0.3 is 14.8 Å². The van der Waals surface area contributed by atoms with Crippen LogP contribution in [0, 0.1) is 11.8 Å². The van der Waals surface area contributed by atoms with Gasteiger partial charge in [-0.25, -0.2) is 0 Å². The van der Waals surface area contributed by atoms with E-state index >= 15 is 0 Å². The first-order chi connectivity index (χ1) is 8.69. The van der Waals surface area contributed by atoms with Crippen molar-refractivity contribution in [1.29, 1.82) is 0 Å². The highest BCUT2D eigenvalue weighted by Gasteiger charge is 2.44. The van der Waals surface area contributed by atoms with Gasteiger partial charge in [-0.15, -0.1) is 0 Å². The number of hydrogen-bond donors (Lipinski definition) is 1. The van der Waals surface area contributed by atoms with Gasteiger partial charge in [-0.3, -0.25) is 0 Å². The Morgan fingerprint density at radius 2 is 2.22 bits per heavy atom. The van der Waals surface area contributed by atoms with Crippen molar-refractivity contribution in [2.24, 2.45) is 11.8 Å². The lowest BCUT2D eigenvalue weighted by Crippen LogP contribution is -2.50. The normalized spacial score (nSPS) is 29.8. The van der Waals surface area contributed by atoms with Gasteiger partial charge >= 0.3 is 0 Å². The van der Waals surface area contributed by atoms with Crippen LogP contribution in [-0.2, 0) is 9.47 Å². The Kier molecular flexibility index (Phi) is 5.05. The predicted octanol–water partition coefficient (Wildman–Crippen LogP) is 2.60. The van der Waals surface area contributed by atoms with E-state index < -0.39 is 0 Å². The van der Waals surface area contributed by atoms with E-state index in [9.17, 15) is 0 Å². The second-order valence-corrected chi connectivity index (χ2v) is 6.33. The molecule has 3 nitrogen and oxygen atoms in total. The van der Waals surface area contributed by atoms with Gasteiger partial charge in [0.15, 0.2) is 0 Å². The van der Waals surface area contributed by atoms with Crippen molar-refractivity contribution in [2.45, 2.75) is 57.1 Å². The number of methoxy groups -OCH3 is 1. The molecule has 2 fully saturated rings. The van der Waals surface area contributed by atoms with Crippen LogP contribution in [-0.4, -0.2) is 39.0 Å². The minimum atomic E-state index is 0.266. The highest BCUT2D eigenvalue weighted by Crippen LogP contribution is 2.45. The van der Waals surface area contributed by atoms with Crippen molar-refractivity contribution in [3.05, 3.63) is 0 Å². The molecule has 1 saturated carbocycles. The number of hydrogen-bond acceptors (Lipinski definition) is 3. The van der Waals surface area contributed by atoms with Crippen molar-refractivity contribution >= 4 is 0 Å². The van der Waals surface area contributed by atoms with Crippen molar-refractivity contribution in [1.82, 2.24) is 5.32 Å². The molecule has 3 unspecified atom stereocenters. The topological polar surface area (TPSA) is 30.5 Å². The molecule has 2 rings (SSSR count). The molecule has 1 aliphatic heterocycles. The molecule has 3 heteroatoms. The lowest BCUT2D eigenvalue weighted by Gasteiger charge is -2.49. The third-order valence-corrected chi connectivity index (χ3v) is 4.84. The third-order valence-electron chi connectivity index (χ3n) is 4.84. The molecule has 0 aromatic rings. The van der Waals surface area contributed by atoms with Crippen molar-refractivity contribution in [2.75, 3.05) is 27.4 Å². The smallest absolute Gasteiger partial charge is 0.0685 e. The van der Waals surface area contributed by atoms with E-state index in [0.717, 1.165) is 19.1 Å². The summed E-state index contributed by atoms with van der Waals surface area (Å²) in [6.45, 7) is 4.11. The average Bonchev–Trinajstić information content (AvgIpc) is 2.34. The van der Waals surface area contributed by atoms with Crippen LogP contribution in [0.5, 0.6) is 0 Å². The quantitative estimate of drug-likeness (QED) is 0.791. The Bertz CT molecular complexity index is 253. The second-order valence-electron chi connectivity index (χ2n) is 6.33. The molecular formula is C15H29NO2. The van der Waals surface area contributed by atoms with Gasteiger partial charge in [0.1, 0.15) is 0 Å². The van der Waals surface area contributed by atoms with E-state index in [1.165, 1.54) is 38.5 Å². The predicted molar refractivity (Wildman–Crippen MR) is 73.8 cm³/mol. The molecule has 1 spiro atoms. The molecule has 2 aliphatic rings. The highest BCUT2D eigenvalue weighted by atomic mass is 16.5. The zero-order valence-electron chi connectivity index (χ0n) is 12.2. The summed E-state index contributed by atoms with van der Waals surface area (Å²) in [5, 5.41) is 3.54. The van der Waals surface area contributed by atoms with E-state index in [4.69, 9.17) is 9.47 Å².